The fraction of sp³-hybridized carbons (Fsp3) is 0.333. The van der Waals surface area contributed by atoms with Crippen molar-refractivity contribution in [2.75, 3.05) is 6.61 Å². The SMILES string of the molecule is CCOc1cc(C=NN=C2NC(=O)C(CC(=O)O)S2)c(F)c(F)c1C. The number of thioether (sulfide) groups is 1. The van der Waals surface area contributed by atoms with Gasteiger partial charge in [-0.3, -0.25) is 9.59 Å². The topological polar surface area (TPSA) is 100 Å². The monoisotopic (exact) mass is 371 g/mol. The van der Waals surface area contributed by atoms with Crippen LogP contribution >= 0.6 is 11.8 Å². The lowest BCUT2D eigenvalue weighted by Gasteiger charge is -2.09. The molecule has 2 rings (SSSR count). The molecule has 134 valence electrons. The van der Waals surface area contributed by atoms with Gasteiger partial charge in [-0.05, 0) is 19.9 Å². The Balaban J connectivity index is 2.17. The number of carboxylic acids is 1. The summed E-state index contributed by atoms with van der Waals surface area (Å²) in [6.45, 7) is 3.41. The molecule has 1 saturated heterocycles. The fourth-order valence-corrected chi connectivity index (χ4v) is 2.92. The number of aliphatic carboxylic acids is 1. The van der Waals surface area contributed by atoms with Crippen LogP contribution in [0.3, 0.4) is 0 Å². The highest BCUT2D eigenvalue weighted by Crippen LogP contribution is 2.26. The minimum Gasteiger partial charge on any atom is -0.493 e. The van der Waals surface area contributed by atoms with E-state index in [-0.39, 0.29) is 28.5 Å². The number of carboxylic acid groups (broad SMARTS) is 1. The Morgan fingerprint density at radius 2 is 2.20 bits per heavy atom. The zero-order valence-electron chi connectivity index (χ0n) is 13.4. The van der Waals surface area contributed by atoms with Gasteiger partial charge in [-0.15, -0.1) is 5.10 Å². The molecule has 1 aromatic rings. The molecule has 0 aliphatic carbocycles. The van der Waals surface area contributed by atoms with E-state index in [0.717, 1.165) is 18.0 Å². The Bertz CT molecular complexity index is 768. The lowest BCUT2D eigenvalue weighted by molar-refractivity contribution is -0.138. The van der Waals surface area contributed by atoms with Gasteiger partial charge in [0.25, 0.3) is 0 Å². The van der Waals surface area contributed by atoms with Crippen LogP contribution in [-0.2, 0) is 9.59 Å². The van der Waals surface area contributed by atoms with Gasteiger partial charge in [0.2, 0.25) is 5.91 Å². The van der Waals surface area contributed by atoms with E-state index < -0.39 is 28.8 Å². The molecule has 2 N–H and O–H groups in total. The Morgan fingerprint density at radius 1 is 1.48 bits per heavy atom. The van der Waals surface area contributed by atoms with Crippen molar-refractivity contribution in [2.45, 2.75) is 25.5 Å². The number of rotatable bonds is 6. The number of nitrogens with one attached hydrogen (secondary N) is 1. The number of hydrogen-bond donors (Lipinski definition) is 2. The molecule has 1 amide bonds. The van der Waals surface area contributed by atoms with E-state index >= 15 is 0 Å². The summed E-state index contributed by atoms with van der Waals surface area (Å²) in [5.74, 6) is -3.53. The minimum atomic E-state index is -1.11. The van der Waals surface area contributed by atoms with Crippen LogP contribution in [0.25, 0.3) is 0 Å². The second-order valence-electron chi connectivity index (χ2n) is 4.99. The van der Waals surface area contributed by atoms with Crippen LogP contribution in [0, 0.1) is 18.6 Å². The van der Waals surface area contributed by atoms with Gasteiger partial charge in [0.15, 0.2) is 16.8 Å². The first kappa shape index (κ1) is 18.8. The second kappa shape index (κ2) is 8.06. The molecule has 25 heavy (non-hydrogen) atoms. The number of ether oxygens (including phenoxy) is 1. The number of amidine groups is 1. The number of nitrogens with zero attached hydrogens (tertiary/aromatic N) is 2. The van der Waals surface area contributed by atoms with Crippen molar-refractivity contribution in [2.24, 2.45) is 10.2 Å². The molecular formula is C15H15F2N3O4S. The van der Waals surface area contributed by atoms with Gasteiger partial charge in [0.05, 0.1) is 19.2 Å². The van der Waals surface area contributed by atoms with E-state index in [1.54, 1.807) is 6.92 Å². The average molecular weight is 371 g/mol. The van der Waals surface area contributed by atoms with Gasteiger partial charge >= 0.3 is 5.97 Å². The number of amides is 1. The third-order valence-corrected chi connectivity index (χ3v) is 4.29. The molecule has 1 heterocycles. The van der Waals surface area contributed by atoms with Gasteiger partial charge in [-0.2, -0.15) is 5.10 Å². The third kappa shape index (κ3) is 4.53. The summed E-state index contributed by atoms with van der Waals surface area (Å²) < 4.78 is 33.0. The molecular weight excluding hydrogens is 356 g/mol. The summed E-state index contributed by atoms with van der Waals surface area (Å²) in [5, 5.41) is 17.7. The molecule has 0 bridgehead atoms. The molecule has 1 atom stereocenters. The van der Waals surface area contributed by atoms with Gasteiger partial charge in [-0.1, -0.05) is 11.8 Å². The zero-order chi connectivity index (χ0) is 18.6. The lowest BCUT2D eigenvalue weighted by atomic mass is 10.1. The van der Waals surface area contributed by atoms with Crippen LogP contribution in [-0.4, -0.2) is 40.2 Å². The molecule has 1 aliphatic rings. The molecule has 1 aromatic carbocycles. The predicted molar refractivity (Wildman–Crippen MR) is 89.1 cm³/mol. The van der Waals surface area contributed by atoms with Crippen molar-refractivity contribution in [1.29, 1.82) is 0 Å². The summed E-state index contributed by atoms with van der Waals surface area (Å²) in [7, 11) is 0. The third-order valence-electron chi connectivity index (χ3n) is 3.21. The Hall–Kier alpha value is -2.49. The maximum Gasteiger partial charge on any atom is 0.305 e. The van der Waals surface area contributed by atoms with Crippen molar-refractivity contribution >= 4 is 35.0 Å². The van der Waals surface area contributed by atoms with E-state index in [4.69, 9.17) is 9.84 Å². The van der Waals surface area contributed by atoms with Crippen LogP contribution in [0.5, 0.6) is 5.75 Å². The Morgan fingerprint density at radius 3 is 2.84 bits per heavy atom. The van der Waals surface area contributed by atoms with Crippen molar-refractivity contribution in [3.05, 3.63) is 28.8 Å². The van der Waals surface area contributed by atoms with E-state index in [1.165, 1.54) is 13.0 Å². The molecule has 1 fully saturated rings. The molecule has 10 heteroatoms. The van der Waals surface area contributed by atoms with Crippen LogP contribution in [0.2, 0.25) is 0 Å². The lowest BCUT2D eigenvalue weighted by Crippen LogP contribution is -2.26. The van der Waals surface area contributed by atoms with Crippen molar-refractivity contribution in [1.82, 2.24) is 5.32 Å². The maximum atomic E-state index is 13.9. The van der Waals surface area contributed by atoms with Crippen LogP contribution < -0.4 is 10.1 Å². The van der Waals surface area contributed by atoms with E-state index in [0.29, 0.717) is 6.61 Å². The number of carbonyl (C=O) groups excluding carboxylic acids is 1. The summed E-state index contributed by atoms with van der Waals surface area (Å²) in [6, 6.07) is 1.30. The van der Waals surface area contributed by atoms with E-state index in [1.807, 2.05) is 0 Å². The molecule has 7 nitrogen and oxygen atoms in total. The summed E-state index contributed by atoms with van der Waals surface area (Å²) in [5.41, 5.74) is -0.106. The molecule has 0 saturated carbocycles. The standard InChI is InChI=1S/C15H15F2N3O4S/c1-3-24-9-4-8(13(17)12(16)7(9)2)6-18-20-15-19-14(23)10(25-15)5-11(21)22/h4,6,10H,3,5H2,1-2H3,(H,21,22)(H,19,20,23). The van der Waals surface area contributed by atoms with E-state index in [9.17, 15) is 18.4 Å². The fourth-order valence-electron chi connectivity index (χ4n) is 2.00. The second-order valence-corrected chi connectivity index (χ2v) is 6.18. The van der Waals surface area contributed by atoms with Crippen molar-refractivity contribution in [3.63, 3.8) is 0 Å². The predicted octanol–water partition coefficient (Wildman–Crippen LogP) is 2.07. The first-order valence-electron chi connectivity index (χ1n) is 7.25. The normalized spacial score (nSPS) is 18.8. The minimum absolute atomic E-state index is 0.0536. The highest BCUT2D eigenvalue weighted by atomic mass is 32.2. The van der Waals surface area contributed by atoms with Gasteiger partial charge in [0.1, 0.15) is 11.0 Å². The van der Waals surface area contributed by atoms with Crippen LogP contribution in [0.4, 0.5) is 8.78 Å². The molecule has 0 radical (unpaired) electrons. The van der Waals surface area contributed by atoms with Gasteiger partial charge in [-0.25, -0.2) is 8.78 Å². The number of halogens is 2. The number of benzene rings is 1. The van der Waals surface area contributed by atoms with Gasteiger partial charge in [0, 0.05) is 11.1 Å². The highest BCUT2D eigenvalue weighted by Gasteiger charge is 2.32. The highest BCUT2D eigenvalue weighted by molar-refractivity contribution is 8.15. The first-order chi connectivity index (χ1) is 11.8. The Kier molecular flexibility index (Phi) is 6.07. The summed E-state index contributed by atoms with van der Waals surface area (Å²) >= 11 is 0.906. The number of carbonyl (C=O) groups is 2. The van der Waals surface area contributed by atoms with Crippen LogP contribution in [0.1, 0.15) is 24.5 Å². The molecule has 0 spiro atoms. The number of hydrogen-bond acceptors (Lipinski definition) is 6. The summed E-state index contributed by atoms with van der Waals surface area (Å²) in [4.78, 5) is 22.2. The molecule has 1 aliphatic heterocycles. The van der Waals surface area contributed by atoms with Crippen molar-refractivity contribution < 1.29 is 28.2 Å². The summed E-state index contributed by atoms with van der Waals surface area (Å²) in [6.07, 6.45) is 0.638. The first-order valence-corrected chi connectivity index (χ1v) is 8.13. The maximum absolute atomic E-state index is 13.9. The van der Waals surface area contributed by atoms with Crippen molar-refractivity contribution in [3.8, 4) is 5.75 Å². The quantitative estimate of drug-likeness (QED) is 0.589. The largest absolute Gasteiger partial charge is 0.493 e. The zero-order valence-corrected chi connectivity index (χ0v) is 14.2. The van der Waals surface area contributed by atoms with E-state index in [2.05, 4.69) is 15.5 Å². The molecule has 1 unspecified atom stereocenters. The average Bonchev–Trinajstić information content (AvgIpc) is 2.88. The Labute approximate surface area is 146 Å². The van der Waals surface area contributed by atoms with Gasteiger partial charge < -0.3 is 15.2 Å². The molecule has 0 aromatic heterocycles. The van der Waals surface area contributed by atoms with Crippen LogP contribution in [0.15, 0.2) is 16.3 Å². The smallest absolute Gasteiger partial charge is 0.305 e.